The van der Waals surface area contributed by atoms with Crippen molar-refractivity contribution in [3.63, 3.8) is 0 Å². The Kier molecular flexibility index (Phi) is 4.45. The topological polar surface area (TPSA) is 51.8 Å². The zero-order valence-corrected chi connectivity index (χ0v) is 25.6. The first-order chi connectivity index (χ1) is 28.0. The molecule has 0 saturated heterocycles. The Balaban J connectivity index is 1.18. The maximum absolute atomic E-state index is 8.66. The van der Waals surface area contributed by atoms with Gasteiger partial charge in [0.2, 0.25) is 0 Å². The van der Waals surface area contributed by atoms with Gasteiger partial charge in [-0.2, -0.15) is 0 Å². The quantitative estimate of drug-likeness (QED) is 0.181. The first kappa shape index (κ1) is 19.9. The van der Waals surface area contributed by atoms with Gasteiger partial charge in [-0.15, -0.1) is 0 Å². The second-order valence-corrected chi connectivity index (χ2v) is 11.7. The molecule has 10 aromatic rings. The minimum atomic E-state index is -0.581. The summed E-state index contributed by atoms with van der Waals surface area (Å²) in [6, 6.07) is 31.6. The van der Waals surface area contributed by atoms with Gasteiger partial charge in [-0.3, -0.25) is 0 Å². The molecule has 0 bridgehead atoms. The summed E-state index contributed by atoms with van der Waals surface area (Å²) in [7, 11) is 0. The van der Waals surface area contributed by atoms with Crippen molar-refractivity contribution in [2.75, 3.05) is 0 Å². The molecule has 0 N–H and O–H groups in total. The number of hydrogen-bond donors (Lipinski definition) is 0. The Labute approximate surface area is 294 Å². The van der Waals surface area contributed by atoms with Crippen LogP contribution in [0.1, 0.15) is 12.3 Å². The van der Waals surface area contributed by atoms with Gasteiger partial charge in [0.1, 0.15) is 11.2 Å². The largest absolute Gasteiger partial charge is 0.455 e. The summed E-state index contributed by atoms with van der Waals surface area (Å²) in [6.45, 7) is 0. The van der Waals surface area contributed by atoms with E-state index in [1.54, 1.807) is 6.07 Å². The van der Waals surface area contributed by atoms with Gasteiger partial charge >= 0.3 is 0 Å². The Bertz CT molecular complexity index is 3360. The summed E-state index contributed by atoms with van der Waals surface area (Å²) < 4.78 is 81.8. The average Bonchev–Trinajstić information content (AvgIpc) is 3.63. The lowest BCUT2D eigenvalue weighted by atomic mass is 9.92. The van der Waals surface area contributed by atoms with E-state index in [4.69, 9.17) is 16.8 Å². The lowest BCUT2D eigenvalue weighted by Gasteiger charge is -2.12. The van der Waals surface area contributed by atoms with Crippen molar-refractivity contribution in [3.05, 3.63) is 164 Å². The first-order valence-electron chi connectivity index (χ1n) is 20.2. The predicted molar refractivity (Wildman–Crippen MR) is 201 cm³/mol. The van der Waals surface area contributed by atoms with Gasteiger partial charge in [0, 0.05) is 21.9 Å². The third-order valence-electron chi connectivity index (χ3n) is 8.96. The van der Waals surface area contributed by atoms with Crippen LogP contribution in [0.2, 0.25) is 0 Å². The summed E-state index contributed by atoms with van der Waals surface area (Å²) in [6.07, 6.45) is 0. The molecule has 4 nitrogen and oxygen atoms in total. The fourth-order valence-electron chi connectivity index (χ4n) is 6.73. The average molecular weight is 635 g/mol. The van der Waals surface area contributed by atoms with Crippen LogP contribution in [0.3, 0.4) is 0 Å². The SMILES string of the molecule is [2H]c1cc(-c2nc(-c3c([2H])c([2H])c([2H])c([2H])c3[2H])nc(-c3cccc4c3oc3ccc(-c5ccc6c7ccccc7c7ccccc7c6c5)cc34)n2)c([2H])c([2H])c1[2H]. The molecule has 10 rings (SSSR count). The number of hydrogen-bond acceptors (Lipinski definition) is 4. The molecular formula is C45H27N3O. The molecule has 0 atom stereocenters. The third kappa shape index (κ3) is 4.49. The number of benzene rings is 8. The molecule has 2 heterocycles. The second kappa shape index (κ2) is 11.0. The molecular weight excluding hydrogens is 599 g/mol. The van der Waals surface area contributed by atoms with E-state index in [0.29, 0.717) is 16.7 Å². The zero-order valence-electron chi connectivity index (χ0n) is 34.6. The van der Waals surface area contributed by atoms with Crippen molar-refractivity contribution in [1.82, 2.24) is 15.0 Å². The number of rotatable bonds is 4. The van der Waals surface area contributed by atoms with Crippen molar-refractivity contribution >= 4 is 54.3 Å². The monoisotopic (exact) mass is 634 g/mol. The smallest absolute Gasteiger partial charge is 0.167 e. The predicted octanol–water partition coefficient (Wildman–Crippen LogP) is 11.9. The summed E-state index contributed by atoms with van der Waals surface area (Å²) >= 11 is 0. The Morgan fingerprint density at radius 3 is 1.67 bits per heavy atom. The molecule has 0 radical (unpaired) electrons. The molecule has 0 spiro atoms. The van der Waals surface area contributed by atoms with Gasteiger partial charge in [0.15, 0.2) is 17.5 Å². The lowest BCUT2D eigenvalue weighted by Crippen LogP contribution is -2.00. The van der Waals surface area contributed by atoms with E-state index in [1.807, 2.05) is 24.3 Å². The fraction of sp³-hybridized carbons (Fsp3) is 0. The molecule has 0 amide bonds. The maximum Gasteiger partial charge on any atom is 0.167 e. The van der Waals surface area contributed by atoms with Crippen molar-refractivity contribution in [3.8, 4) is 45.3 Å². The number of aromatic nitrogens is 3. The summed E-state index contributed by atoms with van der Waals surface area (Å²) in [5.74, 6) is -0.431. The fourth-order valence-corrected chi connectivity index (χ4v) is 6.73. The molecule has 228 valence electrons. The highest BCUT2D eigenvalue weighted by molar-refractivity contribution is 6.25. The number of furan rings is 1. The Morgan fingerprint density at radius 2 is 0.939 bits per heavy atom. The lowest BCUT2D eigenvalue weighted by molar-refractivity contribution is 0.669. The normalized spacial score (nSPS) is 14.2. The minimum absolute atomic E-state index is 0.0118. The molecule has 0 aliphatic heterocycles. The van der Waals surface area contributed by atoms with Gasteiger partial charge in [-0.25, -0.2) is 15.0 Å². The van der Waals surface area contributed by atoms with Gasteiger partial charge in [0.25, 0.3) is 0 Å². The van der Waals surface area contributed by atoms with Crippen LogP contribution >= 0.6 is 0 Å². The number of fused-ring (bicyclic) bond motifs is 9. The highest BCUT2D eigenvalue weighted by Gasteiger charge is 2.18. The summed E-state index contributed by atoms with van der Waals surface area (Å²) in [5.41, 5.74) is 3.08. The molecule has 0 saturated carbocycles. The first-order valence-corrected chi connectivity index (χ1v) is 15.7. The number of para-hydroxylation sites is 1. The van der Waals surface area contributed by atoms with Gasteiger partial charge in [-0.1, -0.05) is 139 Å². The zero-order chi connectivity index (χ0) is 40.1. The van der Waals surface area contributed by atoms with Crippen molar-refractivity contribution in [2.24, 2.45) is 0 Å². The molecule has 4 heteroatoms. The maximum atomic E-state index is 8.66. The van der Waals surface area contributed by atoms with Crippen LogP contribution in [0.15, 0.2) is 168 Å². The van der Waals surface area contributed by atoms with E-state index >= 15 is 0 Å². The molecule has 0 aliphatic carbocycles. The highest BCUT2D eigenvalue weighted by Crippen LogP contribution is 2.40. The van der Waals surface area contributed by atoms with E-state index in [-0.39, 0.29) is 34.6 Å². The molecule has 0 unspecified atom stereocenters. The van der Waals surface area contributed by atoms with Crippen molar-refractivity contribution < 1.29 is 16.8 Å². The molecule has 0 aliphatic rings. The van der Waals surface area contributed by atoms with Gasteiger partial charge in [-0.05, 0) is 67.7 Å². The van der Waals surface area contributed by atoms with E-state index in [2.05, 4.69) is 87.7 Å². The highest BCUT2D eigenvalue weighted by atomic mass is 16.3. The van der Waals surface area contributed by atoms with E-state index in [1.165, 1.54) is 33.0 Å². The van der Waals surface area contributed by atoms with Crippen LogP contribution < -0.4 is 0 Å². The van der Waals surface area contributed by atoms with Crippen molar-refractivity contribution in [2.45, 2.75) is 0 Å². The van der Waals surface area contributed by atoms with Crippen LogP contribution in [0.5, 0.6) is 0 Å². The molecule has 0 fully saturated rings. The Hall–Kier alpha value is -6.65. The number of nitrogens with zero attached hydrogens (tertiary/aromatic N) is 3. The molecule has 49 heavy (non-hydrogen) atoms. The van der Waals surface area contributed by atoms with Crippen LogP contribution in [-0.2, 0) is 0 Å². The third-order valence-corrected chi connectivity index (χ3v) is 8.96. The summed E-state index contributed by atoms with van der Waals surface area (Å²) in [4.78, 5) is 13.8. The van der Waals surface area contributed by atoms with Crippen LogP contribution in [-0.4, -0.2) is 15.0 Å². The molecule has 8 aromatic carbocycles. The van der Waals surface area contributed by atoms with Gasteiger partial charge in [0.05, 0.1) is 17.9 Å². The summed E-state index contributed by atoms with van der Waals surface area (Å²) in [5, 5.41) is 8.65. The van der Waals surface area contributed by atoms with Crippen LogP contribution in [0.4, 0.5) is 0 Å². The molecule has 2 aromatic heterocycles. The standard InChI is InChI=1S/C45H27N3O/c1-3-12-28(13-4-1)43-46-44(29-14-5-2-6-15-29)48-45(47-43)38-21-11-20-37-40-27-31(23-25-41(40)49-42(37)38)30-22-24-36-34-18-8-7-16-32(34)33-17-9-10-19-35(33)39(36)26-30/h1-27H/i1D,2D,3D,4D,5D,6D,12D,13D,14D. The van der Waals surface area contributed by atoms with Gasteiger partial charge < -0.3 is 4.42 Å². The van der Waals surface area contributed by atoms with E-state index in [9.17, 15) is 0 Å². The van der Waals surface area contributed by atoms with Crippen LogP contribution in [0.25, 0.3) is 99.5 Å². The van der Waals surface area contributed by atoms with E-state index in [0.717, 1.165) is 27.3 Å². The second-order valence-electron chi connectivity index (χ2n) is 11.7. The van der Waals surface area contributed by atoms with E-state index < -0.39 is 48.3 Å². The van der Waals surface area contributed by atoms with Crippen molar-refractivity contribution in [1.29, 1.82) is 0 Å². The van der Waals surface area contributed by atoms with Crippen LogP contribution in [0, 0.1) is 0 Å². The Morgan fingerprint density at radius 1 is 0.388 bits per heavy atom. The minimum Gasteiger partial charge on any atom is -0.455 e.